The van der Waals surface area contributed by atoms with Crippen molar-refractivity contribution in [3.63, 3.8) is 0 Å². The van der Waals surface area contributed by atoms with Gasteiger partial charge in [-0.05, 0) is 43.5 Å². The predicted octanol–water partition coefficient (Wildman–Crippen LogP) is 3.43. The number of pyridine rings is 1. The summed E-state index contributed by atoms with van der Waals surface area (Å²) in [6, 6.07) is 6.01. The Kier molecular flexibility index (Phi) is 3.03. The molecule has 1 fully saturated rings. The van der Waals surface area contributed by atoms with E-state index in [9.17, 15) is 4.79 Å². The lowest BCUT2D eigenvalue weighted by atomic mass is 10.3. The fourth-order valence-corrected chi connectivity index (χ4v) is 2.23. The zero-order valence-corrected chi connectivity index (χ0v) is 11.3. The van der Waals surface area contributed by atoms with Gasteiger partial charge in [-0.15, -0.1) is 0 Å². The molecule has 1 amide bonds. The molecule has 3 rings (SSSR count). The van der Waals surface area contributed by atoms with Crippen LogP contribution in [0.25, 0.3) is 0 Å². The Balaban J connectivity index is 1.84. The number of anilines is 1. The highest BCUT2D eigenvalue weighted by Gasteiger charge is 2.26. The fraction of sp³-hybridized carbons (Fsp3) is 0.286. The first-order valence-electron chi connectivity index (χ1n) is 6.25. The van der Waals surface area contributed by atoms with Crippen LogP contribution in [0, 0.1) is 6.92 Å². The van der Waals surface area contributed by atoms with E-state index in [-0.39, 0.29) is 5.91 Å². The van der Waals surface area contributed by atoms with E-state index in [2.05, 4.69) is 10.3 Å². The van der Waals surface area contributed by atoms with E-state index in [0.717, 1.165) is 18.4 Å². The summed E-state index contributed by atoms with van der Waals surface area (Å²) in [4.78, 5) is 16.3. The number of nitrogens with zero attached hydrogens (tertiary/aromatic N) is 2. The Morgan fingerprint density at radius 1 is 1.53 bits per heavy atom. The summed E-state index contributed by atoms with van der Waals surface area (Å²) in [6.07, 6.45) is 5.90. The van der Waals surface area contributed by atoms with Crippen molar-refractivity contribution in [1.82, 2.24) is 9.55 Å². The summed E-state index contributed by atoms with van der Waals surface area (Å²) in [5, 5.41) is 3.13. The van der Waals surface area contributed by atoms with Crippen LogP contribution in [0.4, 0.5) is 5.69 Å². The van der Waals surface area contributed by atoms with Crippen molar-refractivity contribution < 1.29 is 4.79 Å². The van der Waals surface area contributed by atoms with Crippen LogP contribution in [-0.4, -0.2) is 15.5 Å². The van der Waals surface area contributed by atoms with Crippen molar-refractivity contribution in [1.29, 1.82) is 0 Å². The molecule has 1 aliphatic carbocycles. The highest BCUT2D eigenvalue weighted by atomic mass is 35.5. The fourth-order valence-electron chi connectivity index (χ4n) is 2.08. The van der Waals surface area contributed by atoms with Gasteiger partial charge < -0.3 is 9.88 Å². The van der Waals surface area contributed by atoms with Gasteiger partial charge in [0.2, 0.25) is 0 Å². The molecule has 0 atom stereocenters. The number of halogens is 1. The van der Waals surface area contributed by atoms with Gasteiger partial charge in [0.15, 0.2) is 5.15 Å². The van der Waals surface area contributed by atoms with Crippen molar-refractivity contribution in [3.05, 3.63) is 47.0 Å². The van der Waals surface area contributed by atoms with Gasteiger partial charge in [-0.3, -0.25) is 4.79 Å². The van der Waals surface area contributed by atoms with Gasteiger partial charge in [0, 0.05) is 18.4 Å². The second kappa shape index (κ2) is 4.70. The van der Waals surface area contributed by atoms with Crippen molar-refractivity contribution in [2.24, 2.45) is 0 Å². The van der Waals surface area contributed by atoms with Crippen LogP contribution in [-0.2, 0) is 0 Å². The minimum atomic E-state index is -0.147. The number of hydrogen-bond donors (Lipinski definition) is 1. The number of amides is 1. The first-order chi connectivity index (χ1) is 9.15. The zero-order chi connectivity index (χ0) is 13.4. The molecule has 98 valence electrons. The summed E-state index contributed by atoms with van der Waals surface area (Å²) < 4.78 is 2.02. The molecule has 0 aliphatic heterocycles. The molecular formula is C14H14ClN3O. The Hall–Kier alpha value is -1.81. The summed E-state index contributed by atoms with van der Waals surface area (Å²) in [5.41, 5.74) is 2.17. The van der Waals surface area contributed by atoms with Gasteiger partial charge in [0.1, 0.15) is 5.69 Å². The number of carbonyl (C=O) groups is 1. The first kappa shape index (κ1) is 12.2. The van der Waals surface area contributed by atoms with Crippen molar-refractivity contribution in [2.45, 2.75) is 25.8 Å². The molecule has 19 heavy (non-hydrogen) atoms. The molecule has 1 saturated carbocycles. The predicted molar refractivity (Wildman–Crippen MR) is 74.6 cm³/mol. The van der Waals surface area contributed by atoms with E-state index in [0.29, 0.717) is 22.6 Å². The molecule has 0 bridgehead atoms. The maximum Gasteiger partial charge on any atom is 0.272 e. The topological polar surface area (TPSA) is 46.9 Å². The molecule has 0 radical (unpaired) electrons. The molecule has 0 spiro atoms. The standard InChI is InChI=1S/C14H14ClN3O/c1-9-7-11(13(15)16-8-9)17-14(19)12-3-2-6-18(12)10-4-5-10/h2-3,6-8,10H,4-5H2,1H3,(H,17,19). The number of nitrogens with one attached hydrogen (secondary N) is 1. The molecule has 1 N–H and O–H groups in total. The van der Waals surface area contributed by atoms with Crippen molar-refractivity contribution in [3.8, 4) is 0 Å². The van der Waals surface area contributed by atoms with E-state index < -0.39 is 0 Å². The highest BCUT2D eigenvalue weighted by molar-refractivity contribution is 6.32. The van der Waals surface area contributed by atoms with Crippen molar-refractivity contribution in [2.75, 3.05) is 5.32 Å². The maximum atomic E-state index is 12.3. The number of hydrogen-bond acceptors (Lipinski definition) is 2. The van der Waals surface area contributed by atoms with Gasteiger partial charge in [-0.25, -0.2) is 4.98 Å². The van der Waals surface area contributed by atoms with Gasteiger partial charge in [-0.2, -0.15) is 0 Å². The lowest BCUT2D eigenvalue weighted by molar-refractivity contribution is 0.101. The lowest BCUT2D eigenvalue weighted by Gasteiger charge is -2.10. The molecule has 4 nitrogen and oxygen atoms in total. The number of carbonyl (C=O) groups excluding carboxylic acids is 1. The third kappa shape index (κ3) is 2.49. The van der Waals surface area contributed by atoms with Crippen LogP contribution >= 0.6 is 11.6 Å². The van der Waals surface area contributed by atoms with Crippen molar-refractivity contribution >= 4 is 23.2 Å². The van der Waals surface area contributed by atoms with Crippen LogP contribution in [0.3, 0.4) is 0 Å². The monoisotopic (exact) mass is 275 g/mol. The molecule has 2 aromatic heterocycles. The Labute approximate surface area is 116 Å². The zero-order valence-electron chi connectivity index (χ0n) is 10.6. The summed E-state index contributed by atoms with van der Waals surface area (Å²) in [6.45, 7) is 1.91. The Morgan fingerprint density at radius 3 is 3.05 bits per heavy atom. The van der Waals surface area contributed by atoms with Gasteiger partial charge in [-0.1, -0.05) is 11.6 Å². The van der Waals surface area contributed by atoms with Gasteiger partial charge >= 0.3 is 0 Å². The normalized spacial score (nSPS) is 14.4. The van der Waals surface area contributed by atoms with E-state index in [4.69, 9.17) is 11.6 Å². The molecule has 1 aliphatic rings. The van der Waals surface area contributed by atoms with Gasteiger partial charge in [0.25, 0.3) is 5.91 Å². The van der Waals surface area contributed by atoms with Crippen LogP contribution < -0.4 is 5.32 Å². The minimum Gasteiger partial charge on any atom is -0.340 e. The number of rotatable bonds is 3. The number of aryl methyl sites for hydroxylation is 1. The van der Waals surface area contributed by atoms with Crippen LogP contribution in [0.2, 0.25) is 5.15 Å². The quantitative estimate of drug-likeness (QED) is 0.873. The SMILES string of the molecule is Cc1cnc(Cl)c(NC(=O)c2cccn2C2CC2)c1. The largest absolute Gasteiger partial charge is 0.340 e. The molecule has 0 aromatic carbocycles. The third-order valence-electron chi connectivity index (χ3n) is 3.18. The number of aromatic nitrogens is 2. The second-order valence-corrected chi connectivity index (χ2v) is 5.20. The smallest absolute Gasteiger partial charge is 0.272 e. The average Bonchev–Trinajstić information content (AvgIpc) is 3.11. The molecular weight excluding hydrogens is 262 g/mol. The van der Waals surface area contributed by atoms with E-state index >= 15 is 0 Å². The second-order valence-electron chi connectivity index (χ2n) is 4.84. The maximum absolute atomic E-state index is 12.3. The minimum absolute atomic E-state index is 0.147. The third-order valence-corrected chi connectivity index (χ3v) is 3.48. The Bertz CT molecular complexity index is 631. The van der Waals surface area contributed by atoms with Crippen LogP contribution in [0.1, 0.15) is 34.9 Å². The van der Waals surface area contributed by atoms with Gasteiger partial charge in [0.05, 0.1) is 5.69 Å². The first-order valence-corrected chi connectivity index (χ1v) is 6.63. The molecule has 0 saturated heterocycles. The highest BCUT2D eigenvalue weighted by Crippen LogP contribution is 2.36. The molecule has 0 unspecified atom stereocenters. The lowest BCUT2D eigenvalue weighted by Crippen LogP contribution is -2.16. The van der Waals surface area contributed by atoms with Crippen LogP contribution in [0.5, 0.6) is 0 Å². The van der Waals surface area contributed by atoms with E-state index in [1.807, 2.05) is 35.9 Å². The summed E-state index contributed by atoms with van der Waals surface area (Å²) in [5.74, 6) is -0.147. The molecule has 2 heterocycles. The summed E-state index contributed by atoms with van der Waals surface area (Å²) >= 11 is 5.98. The van der Waals surface area contributed by atoms with Crippen LogP contribution in [0.15, 0.2) is 30.6 Å². The molecule has 2 aromatic rings. The average molecular weight is 276 g/mol. The van der Waals surface area contributed by atoms with E-state index in [1.165, 1.54) is 0 Å². The summed E-state index contributed by atoms with van der Waals surface area (Å²) in [7, 11) is 0. The van der Waals surface area contributed by atoms with E-state index in [1.54, 1.807) is 6.20 Å². The Morgan fingerprint density at radius 2 is 2.32 bits per heavy atom. The molecule has 5 heteroatoms.